The lowest BCUT2D eigenvalue weighted by Gasteiger charge is -2.33. The number of likely N-dealkylation sites (tertiary alicyclic amines) is 1. The lowest BCUT2D eigenvalue weighted by Crippen LogP contribution is -2.58. The van der Waals surface area contributed by atoms with Crippen LogP contribution in [0.4, 0.5) is 5.69 Å². The van der Waals surface area contributed by atoms with Gasteiger partial charge in [-0.1, -0.05) is 103 Å². The summed E-state index contributed by atoms with van der Waals surface area (Å²) in [5.74, 6) is -2.73. The van der Waals surface area contributed by atoms with Crippen molar-refractivity contribution >= 4 is 79.7 Å². The summed E-state index contributed by atoms with van der Waals surface area (Å²) in [6.07, 6.45) is -0.823. The Morgan fingerprint density at radius 1 is 0.683 bits per heavy atom. The average molecular weight is 650 g/mol. The highest BCUT2D eigenvalue weighted by Crippen LogP contribution is 2.46. The minimum atomic E-state index is -1.92. The molecular formula is C30H25BrN4O4S2. The van der Waals surface area contributed by atoms with Crippen LogP contribution in [0.5, 0.6) is 0 Å². The summed E-state index contributed by atoms with van der Waals surface area (Å²) < 4.78 is -1.92. The number of rotatable bonds is 8. The van der Waals surface area contributed by atoms with E-state index in [4.69, 9.17) is 24.4 Å². The van der Waals surface area contributed by atoms with Gasteiger partial charge < -0.3 is 10.6 Å². The quantitative estimate of drug-likeness (QED) is 0.164. The molecule has 1 atom stereocenters. The second-order valence-electron chi connectivity index (χ2n) is 9.76. The molecule has 3 aromatic carbocycles. The van der Waals surface area contributed by atoms with Crippen molar-refractivity contribution in [2.75, 3.05) is 4.90 Å². The van der Waals surface area contributed by atoms with E-state index in [0.29, 0.717) is 18.8 Å². The average Bonchev–Trinajstić information content (AvgIpc) is 3.39. The highest BCUT2D eigenvalue weighted by Gasteiger charge is 2.67. The molecule has 41 heavy (non-hydrogen) atoms. The smallest absolute Gasteiger partial charge is 0.271 e. The molecule has 0 saturated carbocycles. The van der Waals surface area contributed by atoms with Crippen LogP contribution in [0.25, 0.3) is 0 Å². The Morgan fingerprint density at radius 2 is 1.15 bits per heavy atom. The van der Waals surface area contributed by atoms with Crippen molar-refractivity contribution in [3.05, 3.63) is 102 Å². The molecule has 2 aliphatic heterocycles. The van der Waals surface area contributed by atoms with Gasteiger partial charge in [0.2, 0.25) is 11.8 Å². The van der Waals surface area contributed by atoms with Gasteiger partial charge in [-0.25, -0.2) is 4.90 Å². The number of benzene rings is 3. The first kappa shape index (κ1) is 28.7. The molecule has 5 rings (SSSR count). The molecule has 2 N–H and O–H groups in total. The van der Waals surface area contributed by atoms with Crippen LogP contribution < -0.4 is 15.5 Å². The third kappa shape index (κ3) is 5.20. The highest BCUT2D eigenvalue weighted by molar-refractivity contribution is 9.10. The second kappa shape index (κ2) is 11.6. The molecule has 0 aromatic heterocycles. The van der Waals surface area contributed by atoms with Gasteiger partial charge in [0, 0.05) is 13.1 Å². The monoisotopic (exact) mass is 648 g/mol. The minimum absolute atomic E-state index is 0.0561. The van der Waals surface area contributed by atoms with Crippen LogP contribution >= 0.6 is 40.4 Å². The molecule has 8 nitrogen and oxygen atoms in total. The van der Waals surface area contributed by atoms with Crippen molar-refractivity contribution in [1.82, 2.24) is 15.5 Å². The predicted molar refractivity (Wildman–Crippen MR) is 166 cm³/mol. The first-order chi connectivity index (χ1) is 19.7. The highest BCUT2D eigenvalue weighted by atomic mass is 79.9. The van der Waals surface area contributed by atoms with Crippen molar-refractivity contribution in [2.45, 2.75) is 30.4 Å². The Hall–Kier alpha value is -3.80. The number of carbonyl (C=O) groups is 4. The van der Waals surface area contributed by atoms with Gasteiger partial charge in [-0.3, -0.25) is 24.1 Å². The number of nitrogens with zero attached hydrogens (tertiary/aromatic N) is 2. The Morgan fingerprint density at radius 3 is 1.63 bits per heavy atom. The van der Waals surface area contributed by atoms with E-state index in [-0.39, 0.29) is 9.98 Å². The molecule has 0 spiro atoms. The van der Waals surface area contributed by atoms with E-state index in [1.165, 1.54) is 0 Å². The zero-order chi connectivity index (χ0) is 29.2. The topological polar surface area (TPSA) is 98.8 Å². The normalized spacial score (nSPS) is 19.9. The summed E-state index contributed by atoms with van der Waals surface area (Å²) in [6.45, 7) is 0.589. The Balaban J connectivity index is 1.47. The standard InChI is InChI=1S/C30H25BrN4O4S2/c31-30(17-23(36)34(28(30)39)22-14-8-3-9-15-22)35-24(37)16-29(27(35)38,25(40)32-18-20-10-4-1-5-11-20)26(41)33-19-21-12-6-2-7-13-21/h1-15H,16-19H2,(H,32,40)(H,33,41). The van der Waals surface area contributed by atoms with Crippen molar-refractivity contribution in [3.63, 3.8) is 0 Å². The fraction of sp³-hybridized carbons (Fsp3) is 0.200. The Bertz CT molecular complexity index is 1480. The van der Waals surface area contributed by atoms with E-state index < -0.39 is 46.3 Å². The summed E-state index contributed by atoms with van der Waals surface area (Å²) in [4.78, 5) is 56.7. The van der Waals surface area contributed by atoms with Gasteiger partial charge in [0.05, 0.1) is 28.5 Å². The molecule has 0 aliphatic carbocycles. The third-order valence-electron chi connectivity index (χ3n) is 7.14. The summed E-state index contributed by atoms with van der Waals surface area (Å²) in [6, 6.07) is 27.2. The molecule has 2 aliphatic rings. The van der Waals surface area contributed by atoms with Gasteiger partial charge in [-0.05, 0) is 39.2 Å². The van der Waals surface area contributed by atoms with Crippen LogP contribution in [-0.4, -0.2) is 43.0 Å². The fourth-order valence-electron chi connectivity index (χ4n) is 5.01. The van der Waals surface area contributed by atoms with E-state index in [0.717, 1.165) is 20.9 Å². The van der Waals surface area contributed by atoms with E-state index in [2.05, 4.69) is 26.6 Å². The second-order valence-corrected chi connectivity index (χ2v) is 11.9. The summed E-state index contributed by atoms with van der Waals surface area (Å²) in [7, 11) is 0. The summed E-state index contributed by atoms with van der Waals surface area (Å²) in [5.41, 5.74) is 0.409. The Kier molecular flexibility index (Phi) is 8.12. The lowest BCUT2D eigenvalue weighted by atomic mass is 9.85. The molecular weight excluding hydrogens is 624 g/mol. The molecule has 2 saturated heterocycles. The van der Waals surface area contributed by atoms with Crippen LogP contribution in [-0.2, 0) is 32.3 Å². The SMILES string of the molecule is O=C1CC(Br)(N2C(=O)CC(C(=S)NCc3ccccc3)(C(=S)NCc3ccccc3)C2=O)C(=O)N1c1ccccc1. The molecule has 1 unspecified atom stereocenters. The predicted octanol–water partition coefficient (Wildman–Crippen LogP) is 4.02. The largest absolute Gasteiger partial charge is 0.374 e. The summed E-state index contributed by atoms with van der Waals surface area (Å²) >= 11 is 14.9. The fourth-order valence-corrected chi connectivity index (χ4v) is 6.52. The van der Waals surface area contributed by atoms with Gasteiger partial charge >= 0.3 is 0 Å². The maximum atomic E-state index is 14.4. The van der Waals surface area contributed by atoms with Crippen molar-refractivity contribution in [1.29, 1.82) is 0 Å². The van der Waals surface area contributed by atoms with E-state index >= 15 is 0 Å². The number of halogens is 1. The van der Waals surface area contributed by atoms with Crippen LogP contribution in [0, 0.1) is 5.41 Å². The zero-order valence-corrected chi connectivity index (χ0v) is 24.9. The number of nitrogens with one attached hydrogen (secondary N) is 2. The molecule has 2 heterocycles. The van der Waals surface area contributed by atoms with Crippen LogP contribution in [0.1, 0.15) is 24.0 Å². The molecule has 0 radical (unpaired) electrons. The number of imide groups is 2. The van der Waals surface area contributed by atoms with E-state index in [1.807, 2.05) is 60.7 Å². The van der Waals surface area contributed by atoms with Gasteiger partial charge in [0.15, 0.2) is 9.86 Å². The number of para-hydroxylation sites is 1. The van der Waals surface area contributed by atoms with Gasteiger partial charge in [-0.15, -0.1) is 0 Å². The number of hydrogen-bond acceptors (Lipinski definition) is 6. The van der Waals surface area contributed by atoms with Gasteiger partial charge in [0.1, 0.15) is 0 Å². The summed E-state index contributed by atoms with van der Waals surface area (Å²) in [5, 5.41) is 6.23. The van der Waals surface area contributed by atoms with E-state index in [9.17, 15) is 19.2 Å². The minimum Gasteiger partial charge on any atom is -0.374 e. The molecule has 2 fully saturated rings. The maximum absolute atomic E-state index is 14.4. The van der Waals surface area contributed by atoms with E-state index in [1.54, 1.807) is 30.3 Å². The van der Waals surface area contributed by atoms with Crippen LogP contribution in [0.15, 0.2) is 91.0 Å². The number of alkyl halides is 1. The molecule has 4 amide bonds. The lowest BCUT2D eigenvalue weighted by molar-refractivity contribution is -0.147. The first-order valence-electron chi connectivity index (χ1n) is 12.8. The number of thiocarbonyl (C=S) groups is 2. The van der Waals surface area contributed by atoms with Gasteiger partial charge in [0.25, 0.3) is 11.8 Å². The molecule has 0 bridgehead atoms. The van der Waals surface area contributed by atoms with Crippen molar-refractivity contribution < 1.29 is 19.2 Å². The van der Waals surface area contributed by atoms with Crippen molar-refractivity contribution in [2.24, 2.45) is 5.41 Å². The Labute approximate surface area is 256 Å². The third-order valence-corrected chi connectivity index (χ3v) is 9.10. The first-order valence-corrected chi connectivity index (χ1v) is 14.4. The molecule has 11 heteroatoms. The maximum Gasteiger partial charge on any atom is 0.271 e. The number of anilines is 1. The van der Waals surface area contributed by atoms with Crippen LogP contribution in [0.3, 0.4) is 0 Å². The van der Waals surface area contributed by atoms with Crippen molar-refractivity contribution in [3.8, 4) is 0 Å². The van der Waals surface area contributed by atoms with Gasteiger partial charge in [-0.2, -0.15) is 0 Å². The molecule has 3 aromatic rings. The van der Waals surface area contributed by atoms with Crippen LogP contribution in [0.2, 0.25) is 0 Å². The number of amides is 4. The number of carbonyl (C=O) groups excluding carboxylic acids is 4. The number of hydrogen-bond donors (Lipinski definition) is 2. The zero-order valence-electron chi connectivity index (χ0n) is 21.7. The molecule has 208 valence electrons.